The Labute approximate surface area is 143 Å². The van der Waals surface area contributed by atoms with Crippen molar-refractivity contribution in [1.82, 2.24) is 10.6 Å². The van der Waals surface area contributed by atoms with Crippen molar-refractivity contribution in [3.05, 3.63) is 42.0 Å². The molecule has 128 valence electrons. The first-order valence-corrected chi connectivity index (χ1v) is 8.67. The van der Waals surface area contributed by atoms with Crippen molar-refractivity contribution in [3.8, 4) is 5.75 Å². The van der Waals surface area contributed by atoms with Crippen molar-refractivity contribution in [2.45, 2.75) is 32.2 Å². The molecular weight excluding hydrogens is 300 g/mol. The van der Waals surface area contributed by atoms with E-state index in [-0.39, 0.29) is 17.9 Å². The Morgan fingerprint density at radius 3 is 2.75 bits per heavy atom. The minimum atomic E-state index is -0.161. The normalized spacial score (nSPS) is 22.1. The van der Waals surface area contributed by atoms with Gasteiger partial charge in [-0.3, -0.25) is 4.79 Å². The SMILES string of the molecule is COc1ccc2cc(C(C)C(=O)NC3CNCCC3C)ccc2c1. The van der Waals surface area contributed by atoms with Crippen LogP contribution in [0.1, 0.15) is 31.7 Å². The Bertz CT molecular complexity index is 729. The van der Waals surface area contributed by atoms with Crippen LogP contribution >= 0.6 is 0 Å². The number of carbonyl (C=O) groups is 1. The van der Waals surface area contributed by atoms with Crippen LogP contribution < -0.4 is 15.4 Å². The molecule has 3 unspecified atom stereocenters. The number of nitrogens with one attached hydrogen (secondary N) is 2. The van der Waals surface area contributed by atoms with E-state index in [0.717, 1.165) is 41.6 Å². The third-order valence-electron chi connectivity index (χ3n) is 5.12. The number of benzene rings is 2. The Kier molecular flexibility index (Phi) is 5.05. The van der Waals surface area contributed by atoms with Gasteiger partial charge in [0.15, 0.2) is 0 Å². The van der Waals surface area contributed by atoms with E-state index in [1.54, 1.807) is 7.11 Å². The molecule has 0 spiro atoms. The lowest BCUT2D eigenvalue weighted by Crippen LogP contribution is -2.51. The quantitative estimate of drug-likeness (QED) is 0.908. The smallest absolute Gasteiger partial charge is 0.227 e. The summed E-state index contributed by atoms with van der Waals surface area (Å²) in [7, 11) is 1.67. The van der Waals surface area contributed by atoms with E-state index < -0.39 is 0 Å². The number of hydrogen-bond donors (Lipinski definition) is 2. The van der Waals surface area contributed by atoms with Crippen molar-refractivity contribution in [3.63, 3.8) is 0 Å². The molecular formula is C20H26N2O2. The fourth-order valence-corrected chi connectivity index (χ4v) is 3.28. The van der Waals surface area contributed by atoms with Gasteiger partial charge in [0, 0.05) is 12.6 Å². The Morgan fingerprint density at radius 1 is 1.25 bits per heavy atom. The minimum Gasteiger partial charge on any atom is -0.497 e. The number of methoxy groups -OCH3 is 1. The molecule has 2 aromatic carbocycles. The molecule has 2 N–H and O–H groups in total. The minimum absolute atomic E-state index is 0.100. The molecule has 0 radical (unpaired) electrons. The Morgan fingerprint density at radius 2 is 2.00 bits per heavy atom. The second kappa shape index (κ2) is 7.22. The van der Waals surface area contributed by atoms with Crippen LogP contribution in [0.25, 0.3) is 10.8 Å². The first-order chi connectivity index (χ1) is 11.6. The van der Waals surface area contributed by atoms with E-state index in [0.29, 0.717) is 5.92 Å². The number of fused-ring (bicyclic) bond motifs is 1. The first-order valence-electron chi connectivity index (χ1n) is 8.67. The maximum atomic E-state index is 12.6. The average Bonchev–Trinajstić information content (AvgIpc) is 2.62. The fourth-order valence-electron chi connectivity index (χ4n) is 3.28. The summed E-state index contributed by atoms with van der Waals surface area (Å²) in [5.41, 5.74) is 1.04. The molecule has 0 bridgehead atoms. The van der Waals surface area contributed by atoms with Crippen molar-refractivity contribution < 1.29 is 9.53 Å². The van der Waals surface area contributed by atoms with Gasteiger partial charge in [-0.1, -0.05) is 31.2 Å². The standard InChI is InChI=1S/C20H26N2O2/c1-13-8-9-21-12-19(13)22-20(23)14(2)15-4-5-17-11-18(24-3)7-6-16(17)10-15/h4-7,10-11,13-14,19,21H,8-9,12H2,1-3H3,(H,22,23). The molecule has 1 amide bonds. The second-order valence-corrected chi connectivity index (χ2v) is 6.78. The van der Waals surface area contributed by atoms with E-state index in [1.165, 1.54) is 0 Å². The van der Waals surface area contributed by atoms with Gasteiger partial charge in [0.2, 0.25) is 5.91 Å². The summed E-state index contributed by atoms with van der Waals surface area (Å²) in [5, 5.41) is 8.82. The lowest BCUT2D eigenvalue weighted by atomic mass is 9.92. The van der Waals surface area contributed by atoms with E-state index in [4.69, 9.17) is 4.74 Å². The number of rotatable bonds is 4. The number of piperidine rings is 1. The van der Waals surface area contributed by atoms with E-state index in [1.807, 2.05) is 31.2 Å². The van der Waals surface area contributed by atoms with Crippen LogP contribution in [0.3, 0.4) is 0 Å². The zero-order valence-corrected chi connectivity index (χ0v) is 14.6. The van der Waals surface area contributed by atoms with Crippen LogP contribution in [0.2, 0.25) is 0 Å². The van der Waals surface area contributed by atoms with Gasteiger partial charge in [0.1, 0.15) is 5.75 Å². The maximum absolute atomic E-state index is 12.6. The van der Waals surface area contributed by atoms with Gasteiger partial charge in [-0.25, -0.2) is 0 Å². The van der Waals surface area contributed by atoms with Gasteiger partial charge in [-0.2, -0.15) is 0 Å². The predicted octanol–water partition coefficient (Wildman–Crippen LogP) is 3.07. The monoisotopic (exact) mass is 326 g/mol. The lowest BCUT2D eigenvalue weighted by Gasteiger charge is -2.31. The molecule has 0 saturated carbocycles. The van der Waals surface area contributed by atoms with Gasteiger partial charge in [-0.05, 0) is 54.3 Å². The van der Waals surface area contributed by atoms with Crippen LogP contribution in [-0.4, -0.2) is 32.1 Å². The fraction of sp³-hybridized carbons (Fsp3) is 0.450. The molecule has 3 rings (SSSR count). The summed E-state index contributed by atoms with van der Waals surface area (Å²) >= 11 is 0. The highest BCUT2D eigenvalue weighted by atomic mass is 16.5. The van der Waals surface area contributed by atoms with Gasteiger partial charge in [0.05, 0.1) is 13.0 Å². The van der Waals surface area contributed by atoms with Crippen LogP contribution in [0.5, 0.6) is 5.75 Å². The third kappa shape index (κ3) is 3.54. The molecule has 4 heteroatoms. The summed E-state index contributed by atoms with van der Waals surface area (Å²) in [5.74, 6) is 1.31. The maximum Gasteiger partial charge on any atom is 0.227 e. The number of amides is 1. The zero-order valence-electron chi connectivity index (χ0n) is 14.6. The highest BCUT2D eigenvalue weighted by Crippen LogP contribution is 2.25. The number of hydrogen-bond acceptors (Lipinski definition) is 3. The first kappa shape index (κ1) is 16.8. The van der Waals surface area contributed by atoms with Crippen molar-refractivity contribution in [2.24, 2.45) is 5.92 Å². The highest BCUT2D eigenvalue weighted by Gasteiger charge is 2.25. The van der Waals surface area contributed by atoms with Crippen molar-refractivity contribution in [1.29, 1.82) is 0 Å². The summed E-state index contributed by atoms with van der Waals surface area (Å²) in [6.45, 7) is 6.08. The summed E-state index contributed by atoms with van der Waals surface area (Å²) < 4.78 is 5.26. The highest BCUT2D eigenvalue weighted by molar-refractivity contribution is 5.88. The molecule has 1 heterocycles. The lowest BCUT2D eigenvalue weighted by molar-refractivity contribution is -0.123. The average molecular weight is 326 g/mol. The molecule has 1 saturated heterocycles. The Hall–Kier alpha value is -2.07. The largest absolute Gasteiger partial charge is 0.497 e. The summed E-state index contributed by atoms with van der Waals surface area (Å²) in [6.07, 6.45) is 1.11. The number of carbonyl (C=O) groups excluding carboxylic acids is 1. The van der Waals surface area contributed by atoms with Gasteiger partial charge in [-0.15, -0.1) is 0 Å². The molecule has 3 atom stereocenters. The van der Waals surface area contributed by atoms with E-state index >= 15 is 0 Å². The zero-order chi connectivity index (χ0) is 17.1. The van der Waals surface area contributed by atoms with Crippen molar-refractivity contribution in [2.75, 3.05) is 20.2 Å². The molecule has 2 aromatic rings. The molecule has 0 aromatic heterocycles. The summed E-state index contributed by atoms with van der Waals surface area (Å²) in [6, 6.07) is 12.4. The number of ether oxygens (including phenoxy) is 1. The van der Waals surface area contributed by atoms with Gasteiger partial charge < -0.3 is 15.4 Å². The van der Waals surface area contributed by atoms with Crippen LogP contribution in [0.15, 0.2) is 36.4 Å². The van der Waals surface area contributed by atoms with E-state index in [2.05, 4.69) is 29.7 Å². The second-order valence-electron chi connectivity index (χ2n) is 6.78. The molecule has 4 nitrogen and oxygen atoms in total. The molecule has 1 aliphatic rings. The van der Waals surface area contributed by atoms with Crippen LogP contribution in [0, 0.1) is 5.92 Å². The molecule has 1 aliphatic heterocycles. The predicted molar refractivity (Wildman–Crippen MR) is 97.5 cm³/mol. The molecule has 24 heavy (non-hydrogen) atoms. The molecule has 0 aliphatic carbocycles. The third-order valence-corrected chi connectivity index (χ3v) is 5.12. The van der Waals surface area contributed by atoms with Gasteiger partial charge in [0.25, 0.3) is 0 Å². The van der Waals surface area contributed by atoms with Crippen LogP contribution in [0.4, 0.5) is 0 Å². The van der Waals surface area contributed by atoms with E-state index in [9.17, 15) is 4.79 Å². The van der Waals surface area contributed by atoms with Crippen LogP contribution in [-0.2, 0) is 4.79 Å². The summed E-state index contributed by atoms with van der Waals surface area (Å²) in [4.78, 5) is 12.6. The van der Waals surface area contributed by atoms with Crippen molar-refractivity contribution >= 4 is 16.7 Å². The van der Waals surface area contributed by atoms with Gasteiger partial charge >= 0.3 is 0 Å². The topological polar surface area (TPSA) is 50.4 Å². The Balaban J connectivity index is 1.74. The molecule has 1 fully saturated rings.